The zero-order valence-electron chi connectivity index (χ0n) is 19.8. The topological polar surface area (TPSA) is 142 Å². The molecule has 0 saturated carbocycles. The van der Waals surface area contributed by atoms with Gasteiger partial charge < -0.3 is 25.6 Å². The van der Waals surface area contributed by atoms with Gasteiger partial charge in [-0.15, -0.1) is 0 Å². The summed E-state index contributed by atoms with van der Waals surface area (Å²) < 4.78 is 5.41. The van der Waals surface area contributed by atoms with Gasteiger partial charge in [-0.3, -0.25) is 9.59 Å². The number of carbonyl (C=O) groups excluding carboxylic acids is 2. The number of nitrogens with one attached hydrogen (secondary N) is 2. The number of benzene rings is 3. The highest BCUT2D eigenvalue weighted by Crippen LogP contribution is 2.44. The third-order valence-corrected chi connectivity index (χ3v) is 6.23. The number of aliphatic carboxylic acids is 2. The molecule has 0 fully saturated rings. The Balaban J connectivity index is 1.41. The molecular weight excluding hydrogens is 476 g/mol. The molecule has 2 atom stereocenters. The number of alkyl carbamates (subject to hydrolysis) is 1. The predicted molar refractivity (Wildman–Crippen MR) is 134 cm³/mol. The molecule has 2 amide bonds. The Bertz CT molecular complexity index is 1260. The Hall–Kier alpha value is -4.66. The summed E-state index contributed by atoms with van der Waals surface area (Å²) in [5, 5.41) is 23.4. The zero-order chi connectivity index (χ0) is 26.4. The van der Waals surface area contributed by atoms with Crippen LogP contribution in [-0.4, -0.2) is 52.8 Å². The van der Waals surface area contributed by atoms with E-state index in [4.69, 9.17) is 4.74 Å². The van der Waals surface area contributed by atoms with Crippen molar-refractivity contribution >= 4 is 23.9 Å². The lowest BCUT2D eigenvalue weighted by Gasteiger charge is -2.21. The van der Waals surface area contributed by atoms with Crippen LogP contribution in [0.5, 0.6) is 0 Å². The van der Waals surface area contributed by atoms with Gasteiger partial charge in [0.05, 0.1) is 6.42 Å². The van der Waals surface area contributed by atoms with Crippen LogP contribution in [-0.2, 0) is 25.5 Å². The van der Waals surface area contributed by atoms with Crippen molar-refractivity contribution in [2.24, 2.45) is 0 Å². The van der Waals surface area contributed by atoms with Crippen LogP contribution in [0.3, 0.4) is 0 Å². The van der Waals surface area contributed by atoms with Gasteiger partial charge in [0.25, 0.3) is 0 Å². The first kappa shape index (κ1) is 25.4. The Morgan fingerprint density at radius 2 is 1.32 bits per heavy atom. The standard InChI is InChI=1S/C28H26N2O7/c31-25(32)15-23(26(33)29-24(27(34)35)14-17-8-2-1-3-9-17)30-28(36)37-16-22-20-12-6-4-10-18(20)19-11-5-7-13-21(19)22/h1-13,22-24H,14-16H2,(H,29,33)(H,30,36)(H,31,32)(H,34,35)/t23-,24-/m0/s1. The fourth-order valence-electron chi connectivity index (χ4n) is 4.49. The summed E-state index contributed by atoms with van der Waals surface area (Å²) in [4.78, 5) is 48.5. The molecule has 0 bridgehead atoms. The summed E-state index contributed by atoms with van der Waals surface area (Å²) in [7, 11) is 0. The lowest BCUT2D eigenvalue weighted by molar-refractivity contribution is -0.142. The number of rotatable bonds is 10. The molecule has 0 saturated heterocycles. The van der Waals surface area contributed by atoms with Gasteiger partial charge in [-0.1, -0.05) is 78.9 Å². The first-order chi connectivity index (χ1) is 17.8. The summed E-state index contributed by atoms with van der Waals surface area (Å²) >= 11 is 0. The van der Waals surface area contributed by atoms with Gasteiger partial charge in [-0.05, 0) is 27.8 Å². The molecule has 190 valence electrons. The third kappa shape index (κ3) is 6.13. The van der Waals surface area contributed by atoms with Crippen LogP contribution in [0.25, 0.3) is 11.1 Å². The first-order valence-corrected chi connectivity index (χ1v) is 11.7. The van der Waals surface area contributed by atoms with Crippen LogP contribution in [0.15, 0.2) is 78.9 Å². The van der Waals surface area contributed by atoms with E-state index in [1.54, 1.807) is 30.3 Å². The molecule has 1 aliphatic rings. The van der Waals surface area contributed by atoms with Gasteiger partial charge in [-0.25, -0.2) is 9.59 Å². The molecule has 9 nitrogen and oxygen atoms in total. The van der Waals surface area contributed by atoms with Crippen LogP contribution in [0.4, 0.5) is 4.79 Å². The molecule has 0 aromatic heterocycles. The van der Waals surface area contributed by atoms with E-state index in [0.717, 1.165) is 22.3 Å². The maximum absolute atomic E-state index is 12.8. The smallest absolute Gasteiger partial charge is 0.407 e. The minimum Gasteiger partial charge on any atom is -0.481 e. The zero-order valence-corrected chi connectivity index (χ0v) is 19.8. The van der Waals surface area contributed by atoms with E-state index in [-0.39, 0.29) is 18.9 Å². The molecule has 3 aromatic carbocycles. The van der Waals surface area contributed by atoms with E-state index < -0.39 is 42.4 Å². The number of carboxylic acids is 2. The van der Waals surface area contributed by atoms with Gasteiger partial charge >= 0.3 is 18.0 Å². The Morgan fingerprint density at radius 3 is 1.89 bits per heavy atom. The van der Waals surface area contributed by atoms with Crippen molar-refractivity contribution < 1.29 is 34.1 Å². The number of fused-ring (bicyclic) bond motifs is 3. The van der Waals surface area contributed by atoms with E-state index in [9.17, 15) is 29.4 Å². The minimum atomic E-state index is -1.52. The van der Waals surface area contributed by atoms with Crippen LogP contribution in [0.1, 0.15) is 29.0 Å². The Labute approximate surface area is 213 Å². The van der Waals surface area contributed by atoms with E-state index in [0.29, 0.717) is 5.56 Å². The molecule has 4 N–H and O–H groups in total. The summed E-state index contributed by atoms with van der Waals surface area (Å²) in [6.45, 7) is -0.0208. The van der Waals surface area contributed by atoms with Crippen molar-refractivity contribution in [2.45, 2.75) is 30.8 Å². The lowest BCUT2D eigenvalue weighted by Crippen LogP contribution is -2.53. The summed E-state index contributed by atoms with van der Waals surface area (Å²) in [5.41, 5.74) is 4.78. The van der Waals surface area contributed by atoms with Crippen LogP contribution in [0, 0.1) is 0 Å². The molecule has 9 heteroatoms. The molecular formula is C28H26N2O7. The number of hydrogen-bond acceptors (Lipinski definition) is 5. The predicted octanol–water partition coefficient (Wildman–Crippen LogP) is 3.18. The quantitative estimate of drug-likeness (QED) is 0.334. The number of carbonyl (C=O) groups is 4. The summed E-state index contributed by atoms with van der Waals surface area (Å²) in [6, 6.07) is 21.4. The molecule has 37 heavy (non-hydrogen) atoms. The number of ether oxygens (including phenoxy) is 1. The minimum absolute atomic E-state index is 0.00729. The SMILES string of the molecule is O=C(O)C[C@H](NC(=O)OCC1c2ccccc2-c2ccccc21)C(=O)N[C@@H](Cc1ccccc1)C(=O)O. The largest absolute Gasteiger partial charge is 0.481 e. The number of hydrogen-bond donors (Lipinski definition) is 4. The second kappa shape index (κ2) is 11.4. The van der Waals surface area contributed by atoms with E-state index in [2.05, 4.69) is 10.6 Å². The first-order valence-electron chi connectivity index (χ1n) is 11.7. The molecule has 4 rings (SSSR count). The molecule has 1 aliphatic carbocycles. The fourth-order valence-corrected chi connectivity index (χ4v) is 4.49. The second-order valence-electron chi connectivity index (χ2n) is 8.71. The second-order valence-corrected chi connectivity index (χ2v) is 8.71. The average Bonchev–Trinajstić information content (AvgIpc) is 3.20. The van der Waals surface area contributed by atoms with Gasteiger partial charge in [0.1, 0.15) is 18.7 Å². The van der Waals surface area contributed by atoms with E-state index >= 15 is 0 Å². The maximum atomic E-state index is 12.8. The van der Waals surface area contributed by atoms with Gasteiger partial charge in [0.2, 0.25) is 5.91 Å². The molecule has 0 aliphatic heterocycles. The van der Waals surface area contributed by atoms with Crippen LogP contribution in [0.2, 0.25) is 0 Å². The van der Waals surface area contributed by atoms with Crippen molar-refractivity contribution in [3.05, 3.63) is 95.6 Å². The monoisotopic (exact) mass is 502 g/mol. The number of carboxylic acid groups (broad SMARTS) is 2. The van der Waals surface area contributed by atoms with Crippen LogP contribution >= 0.6 is 0 Å². The lowest BCUT2D eigenvalue weighted by atomic mass is 9.98. The molecule has 0 spiro atoms. The normalized spacial score (nSPS) is 13.5. The third-order valence-electron chi connectivity index (χ3n) is 6.23. The van der Waals surface area contributed by atoms with E-state index in [1.807, 2.05) is 48.5 Å². The fraction of sp³-hybridized carbons (Fsp3) is 0.214. The molecule has 0 unspecified atom stereocenters. The van der Waals surface area contributed by atoms with Crippen molar-refractivity contribution in [3.8, 4) is 11.1 Å². The molecule has 3 aromatic rings. The van der Waals surface area contributed by atoms with Crippen molar-refractivity contribution in [1.29, 1.82) is 0 Å². The maximum Gasteiger partial charge on any atom is 0.407 e. The van der Waals surface area contributed by atoms with E-state index in [1.165, 1.54) is 0 Å². The molecule has 0 radical (unpaired) electrons. The van der Waals surface area contributed by atoms with Gasteiger partial charge in [0.15, 0.2) is 0 Å². The van der Waals surface area contributed by atoms with Crippen molar-refractivity contribution in [3.63, 3.8) is 0 Å². The number of amides is 2. The Morgan fingerprint density at radius 1 is 0.757 bits per heavy atom. The summed E-state index contributed by atoms with van der Waals surface area (Å²) in [6.07, 6.45) is -1.72. The highest BCUT2D eigenvalue weighted by atomic mass is 16.5. The molecule has 0 heterocycles. The summed E-state index contributed by atoms with van der Waals surface area (Å²) in [5.74, 6) is -3.77. The van der Waals surface area contributed by atoms with Gasteiger partial charge in [-0.2, -0.15) is 0 Å². The van der Waals surface area contributed by atoms with Crippen molar-refractivity contribution in [1.82, 2.24) is 10.6 Å². The van der Waals surface area contributed by atoms with Crippen LogP contribution < -0.4 is 10.6 Å². The Kier molecular flexibility index (Phi) is 7.83. The highest BCUT2D eigenvalue weighted by molar-refractivity contribution is 5.92. The average molecular weight is 503 g/mol. The van der Waals surface area contributed by atoms with Gasteiger partial charge in [0, 0.05) is 12.3 Å². The highest BCUT2D eigenvalue weighted by Gasteiger charge is 2.31. The van der Waals surface area contributed by atoms with Crippen molar-refractivity contribution in [2.75, 3.05) is 6.61 Å².